The third kappa shape index (κ3) is 1.89. The van der Waals surface area contributed by atoms with E-state index in [-0.39, 0.29) is 0 Å². The van der Waals surface area contributed by atoms with Crippen molar-refractivity contribution >= 4 is 11.0 Å². The first-order valence-corrected chi connectivity index (χ1v) is 6.92. The van der Waals surface area contributed by atoms with Crippen LogP contribution in [0, 0.1) is 0 Å². The van der Waals surface area contributed by atoms with E-state index in [2.05, 4.69) is 16.4 Å². The molecule has 100 valence electrons. The lowest BCUT2D eigenvalue weighted by Gasteiger charge is -2.07. The smallest absolute Gasteiger partial charge is 0.134 e. The van der Waals surface area contributed by atoms with Crippen molar-refractivity contribution in [1.82, 2.24) is 15.3 Å². The SMILES string of the molecule is c1ccc2c(-c3ccnc(C4CCNC4)n3)coc2c1. The molecule has 20 heavy (non-hydrogen) atoms. The zero-order valence-electron chi connectivity index (χ0n) is 11.0. The van der Waals surface area contributed by atoms with E-state index in [1.54, 1.807) is 6.26 Å². The van der Waals surface area contributed by atoms with Crippen molar-refractivity contribution in [3.63, 3.8) is 0 Å². The van der Waals surface area contributed by atoms with Crippen LogP contribution in [-0.4, -0.2) is 23.1 Å². The standard InChI is InChI=1S/C16H15N3O/c1-2-4-15-12(3-1)13(10-20-15)14-6-8-18-16(19-14)11-5-7-17-9-11/h1-4,6,8,10-11,17H,5,7,9H2. The Hall–Kier alpha value is -2.20. The summed E-state index contributed by atoms with van der Waals surface area (Å²) in [4.78, 5) is 9.17. The molecule has 0 saturated carbocycles. The molecular weight excluding hydrogens is 250 g/mol. The van der Waals surface area contributed by atoms with Crippen LogP contribution < -0.4 is 5.32 Å². The van der Waals surface area contributed by atoms with E-state index >= 15 is 0 Å². The van der Waals surface area contributed by atoms with Crippen LogP contribution in [0.1, 0.15) is 18.2 Å². The quantitative estimate of drug-likeness (QED) is 0.774. The van der Waals surface area contributed by atoms with Gasteiger partial charge in [-0.1, -0.05) is 18.2 Å². The molecule has 1 aromatic carbocycles. The molecular formula is C16H15N3O. The molecule has 1 saturated heterocycles. The minimum Gasteiger partial charge on any atom is -0.464 e. The topological polar surface area (TPSA) is 51.0 Å². The number of fused-ring (bicyclic) bond motifs is 1. The minimum absolute atomic E-state index is 0.424. The molecule has 1 unspecified atom stereocenters. The lowest BCUT2D eigenvalue weighted by molar-refractivity contribution is 0.616. The average Bonchev–Trinajstić information content (AvgIpc) is 3.17. The van der Waals surface area contributed by atoms with Crippen LogP contribution in [0.15, 0.2) is 47.2 Å². The number of rotatable bonds is 2. The van der Waals surface area contributed by atoms with Gasteiger partial charge in [-0.15, -0.1) is 0 Å². The summed E-state index contributed by atoms with van der Waals surface area (Å²) in [6.45, 7) is 2.02. The number of hydrogen-bond donors (Lipinski definition) is 1. The summed E-state index contributed by atoms with van der Waals surface area (Å²) >= 11 is 0. The molecule has 0 aliphatic carbocycles. The molecule has 1 fully saturated rings. The Bertz CT molecular complexity index is 744. The van der Waals surface area contributed by atoms with Gasteiger partial charge in [0, 0.05) is 29.6 Å². The highest BCUT2D eigenvalue weighted by Crippen LogP contribution is 2.30. The summed E-state index contributed by atoms with van der Waals surface area (Å²) in [5, 5.41) is 4.45. The molecule has 4 nitrogen and oxygen atoms in total. The van der Waals surface area contributed by atoms with Crippen molar-refractivity contribution in [2.45, 2.75) is 12.3 Å². The number of para-hydroxylation sites is 1. The van der Waals surface area contributed by atoms with Gasteiger partial charge in [0.1, 0.15) is 17.7 Å². The van der Waals surface area contributed by atoms with Gasteiger partial charge in [-0.25, -0.2) is 9.97 Å². The van der Waals surface area contributed by atoms with Crippen molar-refractivity contribution < 1.29 is 4.42 Å². The first-order chi connectivity index (χ1) is 9.92. The van der Waals surface area contributed by atoms with Gasteiger partial charge >= 0.3 is 0 Å². The minimum atomic E-state index is 0.424. The molecule has 0 spiro atoms. The monoisotopic (exact) mass is 265 g/mol. The maximum absolute atomic E-state index is 5.60. The van der Waals surface area contributed by atoms with Gasteiger partial charge in [-0.2, -0.15) is 0 Å². The molecule has 2 aromatic heterocycles. The summed E-state index contributed by atoms with van der Waals surface area (Å²) < 4.78 is 5.60. The molecule has 0 radical (unpaired) electrons. The van der Waals surface area contributed by atoms with E-state index in [4.69, 9.17) is 9.40 Å². The van der Waals surface area contributed by atoms with Crippen molar-refractivity contribution in [3.05, 3.63) is 48.6 Å². The van der Waals surface area contributed by atoms with Gasteiger partial charge in [0.05, 0.1) is 5.69 Å². The molecule has 3 aromatic rings. The van der Waals surface area contributed by atoms with Crippen LogP contribution in [0.5, 0.6) is 0 Å². The molecule has 1 N–H and O–H groups in total. The predicted molar refractivity (Wildman–Crippen MR) is 77.5 cm³/mol. The van der Waals surface area contributed by atoms with Crippen LogP contribution in [0.3, 0.4) is 0 Å². The molecule has 3 heterocycles. The van der Waals surface area contributed by atoms with Crippen molar-refractivity contribution in [2.24, 2.45) is 0 Å². The van der Waals surface area contributed by atoms with E-state index in [0.29, 0.717) is 5.92 Å². The third-order valence-electron chi connectivity index (χ3n) is 3.86. The van der Waals surface area contributed by atoms with Crippen molar-refractivity contribution in [3.8, 4) is 11.3 Å². The van der Waals surface area contributed by atoms with E-state index < -0.39 is 0 Å². The Morgan fingerprint density at radius 3 is 3.05 bits per heavy atom. The fourth-order valence-corrected chi connectivity index (χ4v) is 2.77. The highest BCUT2D eigenvalue weighted by atomic mass is 16.3. The summed E-state index contributed by atoms with van der Waals surface area (Å²) in [6, 6.07) is 9.98. The number of furan rings is 1. The van der Waals surface area contributed by atoms with Crippen LogP contribution >= 0.6 is 0 Å². The van der Waals surface area contributed by atoms with Gasteiger partial charge in [0.15, 0.2) is 0 Å². The average molecular weight is 265 g/mol. The first kappa shape index (κ1) is 11.6. The highest BCUT2D eigenvalue weighted by Gasteiger charge is 2.20. The molecule has 1 aliphatic rings. The Morgan fingerprint density at radius 1 is 1.20 bits per heavy atom. The van der Waals surface area contributed by atoms with Crippen LogP contribution in [0.2, 0.25) is 0 Å². The number of nitrogens with zero attached hydrogens (tertiary/aromatic N) is 2. The fraction of sp³-hybridized carbons (Fsp3) is 0.250. The summed E-state index contributed by atoms with van der Waals surface area (Å²) in [7, 11) is 0. The van der Waals surface area contributed by atoms with Gasteiger partial charge in [-0.05, 0) is 25.1 Å². The number of benzene rings is 1. The Kier molecular flexibility index (Phi) is 2.74. The Balaban J connectivity index is 1.80. The van der Waals surface area contributed by atoms with Crippen LogP contribution in [0.25, 0.3) is 22.2 Å². The summed E-state index contributed by atoms with van der Waals surface area (Å²) in [5.41, 5.74) is 2.87. The molecule has 4 rings (SSSR count). The van der Waals surface area contributed by atoms with Gasteiger partial charge in [0.2, 0.25) is 0 Å². The molecule has 0 bridgehead atoms. The van der Waals surface area contributed by atoms with Gasteiger partial charge in [0.25, 0.3) is 0 Å². The fourth-order valence-electron chi connectivity index (χ4n) is 2.77. The van der Waals surface area contributed by atoms with E-state index in [9.17, 15) is 0 Å². The molecule has 0 amide bonds. The van der Waals surface area contributed by atoms with Crippen LogP contribution in [-0.2, 0) is 0 Å². The summed E-state index contributed by atoms with van der Waals surface area (Å²) in [5.74, 6) is 1.35. The highest BCUT2D eigenvalue weighted by molar-refractivity contribution is 5.92. The lowest BCUT2D eigenvalue weighted by atomic mass is 10.1. The van der Waals surface area contributed by atoms with Gasteiger partial charge < -0.3 is 9.73 Å². The van der Waals surface area contributed by atoms with E-state index in [0.717, 1.165) is 47.6 Å². The van der Waals surface area contributed by atoms with E-state index in [1.807, 2.05) is 30.5 Å². The molecule has 1 atom stereocenters. The second kappa shape index (κ2) is 4.72. The maximum atomic E-state index is 5.60. The number of nitrogens with one attached hydrogen (secondary N) is 1. The second-order valence-corrected chi connectivity index (χ2v) is 5.14. The van der Waals surface area contributed by atoms with E-state index in [1.165, 1.54) is 0 Å². The number of aromatic nitrogens is 2. The molecule has 4 heteroatoms. The third-order valence-corrected chi connectivity index (χ3v) is 3.86. The second-order valence-electron chi connectivity index (χ2n) is 5.14. The molecule has 1 aliphatic heterocycles. The normalized spacial score (nSPS) is 18.7. The summed E-state index contributed by atoms with van der Waals surface area (Å²) in [6.07, 6.45) is 4.73. The van der Waals surface area contributed by atoms with Crippen molar-refractivity contribution in [1.29, 1.82) is 0 Å². The first-order valence-electron chi connectivity index (χ1n) is 6.92. The lowest BCUT2D eigenvalue weighted by Crippen LogP contribution is -2.10. The zero-order chi connectivity index (χ0) is 13.4. The Morgan fingerprint density at radius 2 is 2.15 bits per heavy atom. The van der Waals surface area contributed by atoms with Crippen molar-refractivity contribution in [2.75, 3.05) is 13.1 Å². The van der Waals surface area contributed by atoms with Gasteiger partial charge in [-0.3, -0.25) is 0 Å². The largest absolute Gasteiger partial charge is 0.464 e. The maximum Gasteiger partial charge on any atom is 0.134 e. The number of hydrogen-bond acceptors (Lipinski definition) is 4. The Labute approximate surface area is 116 Å². The van der Waals surface area contributed by atoms with Crippen LogP contribution in [0.4, 0.5) is 0 Å². The zero-order valence-corrected chi connectivity index (χ0v) is 11.0. The predicted octanol–water partition coefficient (Wildman–Crippen LogP) is 2.97.